The first-order valence-corrected chi connectivity index (χ1v) is 10.3. The minimum Gasteiger partial charge on any atom is -0.462 e. The van der Waals surface area contributed by atoms with Crippen LogP contribution in [0, 0.1) is 10.1 Å². The van der Waals surface area contributed by atoms with Crippen molar-refractivity contribution in [2.75, 3.05) is 18.5 Å². The molecular weight excluding hydrogens is 464 g/mol. The van der Waals surface area contributed by atoms with Gasteiger partial charge in [-0.3, -0.25) is 14.9 Å². The van der Waals surface area contributed by atoms with Crippen LogP contribution in [0.15, 0.2) is 46.9 Å². The van der Waals surface area contributed by atoms with Crippen molar-refractivity contribution in [3.05, 3.63) is 68.2 Å². The number of halogens is 1. The summed E-state index contributed by atoms with van der Waals surface area (Å²) in [4.78, 5) is 46.7. The zero-order chi connectivity index (χ0) is 23.3. The Kier molecular flexibility index (Phi) is 7.23. The molecule has 1 aromatic carbocycles. The molecule has 0 aliphatic heterocycles. The van der Waals surface area contributed by atoms with Gasteiger partial charge in [0.2, 0.25) is 5.76 Å². The number of esters is 2. The summed E-state index contributed by atoms with van der Waals surface area (Å²) in [5, 5.41) is 13.2. The predicted molar refractivity (Wildman–Crippen MR) is 115 cm³/mol. The average molecular weight is 479 g/mol. The third-order valence-corrected chi connectivity index (χ3v) is 5.28. The lowest BCUT2D eigenvalue weighted by molar-refractivity contribution is -0.402. The molecule has 0 saturated carbocycles. The van der Waals surface area contributed by atoms with Gasteiger partial charge in [-0.15, -0.1) is 11.3 Å². The highest BCUT2D eigenvalue weighted by Gasteiger charge is 2.27. The molecule has 32 heavy (non-hydrogen) atoms. The lowest BCUT2D eigenvalue weighted by atomic mass is 10.0. The summed E-state index contributed by atoms with van der Waals surface area (Å²) in [5.41, 5.74) is 1.14. The number of carbonyl (C=O) groups is 3. The number of amides is 1. The fourth-order valence-corrected chi connectivity index (χ4v) is 4.04. The Bertz CT molecular complexity index is 1170. The van der Waals surface area contributed by atoms with Crippen molar-refractivity contribution in [3.63, 3.8) is 0 Å². The van der Waals surface area contributed by atoms with Crippen LogP contribution in [0.3, 0.4) is 0 Å². The van der Waals surface area contributed by atoms with Crippen LogP contribution in [0.4, 0.5) is 10.9 Å². The van der Waals surface area contributed by atoms with Gasteiger partial charge in [0.1, 0.15) is 19.8 Å². The van der Waals surface area contributed by atoms with Gasteiger partial charge in [-0.1, -0.05) is 41.9 Å². The molecule has 3 aromatic rings. The van der Waals surface area contributed by atoms with Crippen LogP contribution >= 0.6 is 22.9 Å². The summed E-state index contributed by atoms with van der Waals surface area (Å²) >= 11 is 7.31. The van der Waals surface area contributed by atoms with Crippen LogP contribution in [0.25, 0.3) is 11.1 Å². The summed E-state index contributed by atoms with van der Waals surface area (Å²) in [6, 6.07) is 10.9. The van der Waals surface area contributed by atoms with Crippen LogP contribution in [-0.2, 0) is 14.3 Å². The number of nitro groups is 1. The molecule has 1 amide bonds. The first kappa shape index (κ1) is 23.0. The first-order valence-electron chi connectivity index (χ1n) is 9.07. The van der Waals surface area contributed by atoms with E-state index in [4.69, 9.17) is 25.5 Å². The van der Waals surface area contributed by atoms with Crippen molar-refractivity contribution >= 4 is 51.7 Å². The maximum absolute atomic E-state index is 12.6. The quantitative estimate of drug-likeness (QED) is 0.283. The molecule has 0 unspecified atom stereocenters. The third-order valence-electron chi connectivity index (χ3n) is 3.97. The minimum atomic E-state index is -1.06. The molecular formula is C20H15ClN2O8S. The SMILES string of the molecule is CCOC(=O)c1c(NC(=O)COC(=O)c2ccc([N+](=O)[O-])o2)sc(Cl)c1-c1ccccc1. The number of hydrogen-bond acceptors (Lipinski definition) is 9. The summed E-state index contributed by atoms with van der Waals surface area (Å²) in [6.45, 7) is 1.03. The molecule has 10 nitrogen and oxygen atoms in total. The van der Waals surface area contributed by atoms with Gasteiger partial charge in [-0.05, 0) is 18.6 Å². The molecule has 2 heterocycles. The minimum absolute atomic E-state index is 0.0781. The fraction of sp³-hybridized carbons (Fsp3) is 0.150. The molecule has 2 aromatic heterocycles. The van der Waals surface area contributed by atoms with Gasteiger partial charge >= 0.3 is 17.8 Å². The van der Waals surface area contributed by atoms with E-state index >= 15 is 0 Å². The van der Waals surface area contributed by atoms with E-state index in [1.165, 1.54) is 0 Å². The second-order valence-corrected chi connectivity index (χ2v) is 7.68. The van der Waals surface area contributed by atoms with Gasteiger partial charge < -0.3 is 19.2 Å². The van der Waals surface area contributed by atoms with E-state index in [9.17, 15) is 24.5 Å². The number of nitrogens with one attached hydrogen (secondary N) is 1. The van der Waals surface area contributed by atoms with E-state index in [-0.39, 0.29) is 21.5 Å². The molecule has 0 aliphatic rings. The number of thiophene rings is 1. The van der Waals surface area contributed by atoms with Crippen molar-refractivity contribution in [1.29, 1.82) is 0 Å². The van der Waals surface area contributed by atoms with E-state index in [0.29, 0.717) is 11.1 Å². The standard InChI is InChI=1S/C20H15ClN2O8S/c1-2-29-20(26)16-15(11-6-4-3-5-7-11)17(21)32-18(16)22-13(24)10-30-19(25)12-8-9-14(31-12)23(27)28/h3-9H,2,10H2,1H3,(H,22,24). The smallest absolute Gasteiger partial charge is 0.433 e. The van der Waals surface area contributed by atoms with Crippen molar-refractivity contribution in [3.8, 4) is 11.1 Å². The molecule has 0 atom stereocenters. The molecule has 1 N–H and O–H groups in total. The molecule has 0 spiro atoms. The van der Waals surface area contributed by atoms with E-state index in [1.807, 2.05) is 0 Å². The van der Waals surface area contributed by atoms with Gasteiger partial charge in [0, 0.05) is 5.56 Å². The summed E-state index contributed by atoms with van der Waals surface area (Å²) in [6.07, 6.45) is 0. The Labute approximate surface area is 189 Å². The second-order valence-electron chi connectivity index (χ2n) is 6.06. The number of nitrogens with zero attached hydrogens (tertiary/aromatic N) is 1. The number of carbonyl (C=O) groups excluding carboxylic acids is 3. The molecule has 0 bridgehead atoms. The zero-order valence-electron chi connectivity index (χ0n) is 16.5. The van der Waals surface area contributed by atoms with Gasteiger partial charge in [-0.25, -0.2) is 9.59 Å². The first-order chi connectivity index (χ1) is 15.3. The Morgan fingerprint density at radius 1 is 1.12 bits per heavy atom. The van der Waals surface area contributed by atoms with E-state index < -0.39 is 41.0 Å². The number of furan rings is 1. The van der Waals surface area contributed by atoms with Crippen LogP contribution in [-0.4, -0.2) is 36.0 Å². The maximum atomic E-state index is 12.6. The van der Waals surface area contributed by atoms with Gasteiger partial charge in [0.05, 0.1) is 12.7 Å². The van der Waals surface area contributed by atoms with Crippen molar-refractivity contribution in [2.45, 2.75) is 6.92 Å². The monoisotopic (exact) mass is 478 g/mol. The number of anilines is 1. The van der Waals surface area contributed by atoms with Crippen molar-refractivity contribution < 1.29 is 33.2 Å². The topological polar surface area (TPSA) is 138 Å². The van der Waals surface area contributed by atoms with Gasteiger partial charge in [0.25, 0.3) is 5.91 Å². The van der Waals surface area contributed by atoms with Gasteiger partial charge in [-0.2, -0.15) is 0 Å². The summed E-state index contributed by atoms with van der Waals surface area (Å²) in [7, 11) is 0. The molecule has 0 aliphatic carbocycles. The summed E-state index contributed by atoms with van der Waals surface area (Å²) < 4.78 is 14.9. The largest absolute Gasteiger partial charge is 0.462 e. The highest BCUT2D eigenvalue weighted by molar-refractivity contribution is 7.21. The lowest BCUT2D eigenvalue weighted by Crippen LogP contribution is -2.21. The van der Waals surface area contributed by atoms with Gasteiger partial charge in [0.15, 0.2) is 6.61 Å². The average Bonchev–Trinajstić information content (AvgIpc) is 3.38. The molecule has 0 radical (unpaired) electrons. The predicted octanol–water partition coefficient (Wildman–Crippen LogP) is 4.54. The van der Waals surface area contributed by atoms with E-state index in [0.717, 1.165) is 23.5 Å². The second kappa shape index (κ2) is 10.1. The summed E-state index contributed by atoms with van der Waals surface area (Å²) in [5.74, 6) is -3.57. The highest BCUT2D eigenvalue weighted by Crippen LogP contribution is 2.43. The molecule has 166 valence electrons. The van der Waals surface area contributed by atoms with Crippen molar-refractivity contribution in [2.24, 2.45) is 0 Å². The Morgan fingerprint density at radius 3 is 2.47 bits per heavy atom. The molecule has 0 fully saturated rings. The number of ether oxygens (including phenoxy) is 2. The number of hydrogen-bond donors (Lipinski definition) is 1. The number of rotatable bonds is 8. The van der Waals surface area contributed by atoms with Crippen LogP contribution < -0.4 is 5.32 Å². The Morgan fingerprint density at radius 2 is 1.84 bits per heavy atom. The Balaban J connectivity index is 1.77. The van der Waals surface area contributed by atoms with E-state index in [1.54, 1.807) is 37.3 Å². The molecule has 0 saturated heterocycles. The number of benzene rings is 1. The molecule has 3 rings (SSSR count). The zero-order valence-corrected chi connectivity index (χ0v) is 18.0. The van der Waals surface area contributed by atoms with Crippen LogP contribution in [0.5, 0.6) is 0 Å². The normalized spacial score (nSPS) is 10.4. The lowest BCUT2D eigenvalue weighted by Gasteiger charge is -2.09. The highest BCUT2D eigenvalue weighted by atomic mass is 35.5. The van der Waals surface area contributed by atoms with Crippen LogP contribution in [0.2, 0.25) is 4.34 Å². The molecule has 12 heteroatoms. The Hall–Kier alpha value is -3.70. The third kappa shape index (κ3) is 5.13. The van der Waals surface area contributed by atoms with E-state index in [2.05, 4.69) is 5.32 Å². The fourth-order valence-electron chi connectivity index (χ4n) is 2.65. The maximum Gasteiger partial charge on any atom is 0.433 e. The van der Waals surface area contributed by atoms with Crippen molar-refractivity contribution in [1.82, 2.24) is 0 Å². The van der Waals surface area contributed by atoms with Crippen LogP contribution in [0.1, 0.15) is 27.8 Å².